The Labute approximate surface area is 78.7 Å². The lowest BCUT2D eigenvalue weighted by Gasteiger charge is -2.05. The molecule has 0 unspecified atom stereocenters. The minimum Gasteiger partial charge on any atom is -0.374 e. The van der Waals surface area contributed by atoms with Gasteiger partial charge in [0.05, 0.1) is 18.9 Å². The summed E-state index contributed by atoms with van der Waals surface area (Å²) in [6, 6.07) is 1.98. The Kier molecular flexibility index (Phi) is 4.49. The summed E-state index contributed by atoms with van der Waals surface area (Å²) in [5.41, 5.74) is 6.44. The molecule has 0 fully saturated rings. The number of aryl methyl sites for hydroxylation is 1. The average molecular weight is 183 g/mol. The van der Waals surface area contributed by atoms with Crippen LogP contribution in [0.3, 0.4) is 0 Å². The minimum atomic E-state index is 0.571. The highest BCUT2D eigenvalue weighted by molar-refractivity contribution is 4.98. The summed E-state index contributed by atoms with van der Waals surface area (Å²) in [6.45, 7) is 4.87. The normalized spacial score (nSPS) is 10.6. The molecule has 4 nitrogen and oxygen atoms in total. The van der Waals surface area contributed by atoms with Crippen molar-refractivity contribution in [2.45, 2.75) is 26.5 Å². The van der Waals surface area contributed by atoms with Crippen LogP contribution in [0, 0.1) is 0 Å². The van der Waals surface area contributed by atoms with Gasteiger partial charge in [0.2, 0.25) is 0 Å². The van der Waals surface area contributed by atoms with Crippen molar-refractivity contribution in [3.63, 3.8) is 0 Å². The van der Waals surface area contributed by atoms with Gasteiger partial charge in [-0.05, 0) is 12.5 Å². The maximum Gasteiger partial charge on any atom is 0.0885 e. The third-order valence-corrected chi connectivity index (χ3v) is 1.75. The van der Waals surface area contributed by atoms with Gasteiger partial charge in [-0.1, -0.05) is 6.92 Å². The summed E-state index contributed by atoms with van der Waals surface area (Å²) < 4.78 is 7.30. The molecule has 0 atom stereocenters. The third-order valence-electron chi connectivity index (χ3n) is 1.75. The van der Waals surface area contributed by atoms with Crippen molar-refractivity contribution in [2.24, 2.45) is 5.73 Å². The van der Waals surface area contributed by atoms with Crippen LogP contribution in [-0.4, -0.2) is 22.9 Å². The smallest absolute Gasteiger partial charge is 0.0885 e. The zero-order valence-corrected chi connectivity index (χ0v) is 8.07. The summed E-state index contributed by atoms with van der Waals surface area (Å²) in [5.74, 6) is 0. The number of nitrogens with zero attached hydrogens (tertiary/aromatic N) is 2. The van der Waals surface area contributed by atoms with Gasteiger partial charge >= 0.3 is 0 Å². The van der Waals surface area contributed by atoms with Crippen LogP contribution in [0.5, 0.6) is 0 Å². The van der Waals surface area contributed by atoms with E-state index in [1.54, 1.807) is 6.20 Å². The van der Waals surface area contributed by atoms with Gasteiger partial charge in [-0.2, -0.15) is 5.10 Å². The van der Waals surface area contributed by atoms with Crippen LogP contribution < -0.4 is 5.73 Å². The van der Waals surface area contributed by atoms with Gasteiger partial charge in [0, 0.05) is 19.3 Å². The SMILES string of the molecule is CCCn1nccc1COCCN. The van der Waals surface area contributed by atoms with Crippen molar-refractivity contribution >= 4 is 0 Å². The molecule has 0 amide bonds. The molecule has 0 saturated carbocycles. The molecular weight excluding hydrogens is 166 g/mol. The largest absolute Gasteiger partial charge is 0.374 e. The second-order valence-corrected chi connectivity index (χ2v) is 2.89. The van der Waals surface area contributed by atoms with Crippen molar-refractivity contribution in [3.05, 3.63) is 18.0 Å². The molecule has 0 radical (unpaired) electrons. The van der Waals surface area contributed by atoms with E-state index in [2.05, 4.69) is 12.0 Å². The molecular formula is C9H17N3O. The highest BCUT2D eigenvalue weighted by atomic mass is 16.5. The summed E-state index contributed by atoms with van der Waals surface area (Å²) in [4.78, 5) is 0. The van der Waals surface area contributed by atoms with Crippen molar-refractivity contribution in [1.29, 1.82) is 0 Å². The van der Waals surface area contributed by atoms with E-state index in [4.69, 9.17) is 10.5 Å². The van der Waals surface area contributed by atoms with Crippen LogP contribution in [0.2, 0.25) is 0 Å². The Hall–Kier alpha value is -0.870. The maximum atomic E-state index is 5.33. The predicted octanol–water partition coefficient (Wildman–Crippen LogP) is 0.768. The fourth-order valence-corrected chi connectivity index (χ4v) is 1.16. The van der Waals surface area contributed by atoms with Gasteiger partial charge in [0.25, 0.3) is 0 Å². The Balaban J connectivity index is 2.40. The number of hydrogen-bond donors (Lipinski definition) is 1. The second-order valence-electron chi connectivity index (χ2n) is 2.89. The van der Waals surface area contributed by atoms with Gasteiger partial charge in [-0.15, -0.1) is 0 Å². The summed E-state index contributed by atoms with van der Waals surface area (Å²) in [7, 11) is 0. The van der Waals surface area contributed by atoms with Crippen LogP contribution in [0.25, 0.3) is 0 Å². The van der Waals surface area contributed by atoms with E-state index < -0.39 is 0 Å². The van der Waals surface area contributed by atoms with Crippen molar-refractivity contribution in [3.8, 4) is 0 Å². The number of rotatable bonds is 6. The topological polar surface area (TPSA) is 53.1 Å². The van der Waals surface area contributed by atoms with E-state index in [1.807, 2.05) is 10.7 Å². The minimum absolute atomic E-state index is 0.571. The zero-order chi connectivity index (χ0) is 9.52. The number of aromatic nitrogens is 2. The predicted molar refractivity (Wildman–Crippen MR) is 51.2 cm³/mol. The molecule has 0 aliphatic rings. The number of ether oxygens (including phenoxy) is 1. The Bertz CT molecular complexity index is 235. The van der Waals surface area contributed by atoms with E-state index in [1.165, 1.54) is 0 Å². The van der Waals surface area contributed by atoms with Gasteiger partial charge in [-0.25, -0.2) is 0 Å². The Morgan fingerprint density at radius 3 is 3.15 bits per heavy atom. The van der Waals surface area contributed by atoms with Gasteiger partial charge in [0.1, 0.15) is 0 Å². The molecule has 4 heteroatoms. The summed E-state index contributed by atoms with van der Waals surface area (Å²) in [6.07, 6.45) is 2.89. The molecule has 13 heavy (non-hydrogen) atoms. The lowest BCUT2D eigenvalue weighted by molar-refractivity contribution is 0.122. The van der Waals surface area contributed by atoms with Crippen molar-refractivity contribution < 1.29 is 4.74 Å². The molecule has 0 bridgehead atoms. The molecule has 2 N–H and O–H groups in total. The van der Waals surface area contributed by atoms with E-state index >= 15 is 0 Å². The Morgan fingerprint density at radius 1 is 1.62 bits per heavy atom. The van der Waals surface area contributed by atoms with Crippen molar-refractivity contribution in [2.75, 3.05) is 13.2 Å². The van der Waals surface area contributed by atoms with Crippen LogP contribution >= 0.6 is 0 Å². The zero-order valence-electron chi connectivity index (χ0n) is 8.07. The Morgan fingerprint density at radius 2 is 2.46 bits per heavy atom. The quantitative estimate of drug-likeness (QED) is 0.663. The summed E-state index contributed by atoms with van der Waals surface area (Å²) >= 11 is 0. The molecule has 0 saturated heterocycles. The molecule has 1 aromatic rings. The molecule has 0 aliphatic heterocycles. The monoisotopic (exact) mass is 183 g/mol. The highest BCUT2D eigenvalue weighted by Crippen LogP contribution is 2.01. The van der Waals surface area contributed by atoms with Crippen LogP contribution in [0.15, 0.2) is 12.3 Å². The molecule has 1 rings (SSSR count). The van der Waals surface area contributed by atoms with E-state index in [-0.39, 0.29) is 0 Å². The first-order valence-corrected chi connectivity index (χ1v) is 4.67. The van der Waals surface area contributed by atoms with Gasteiger partial charge in [-0.3, -0.25) is 4.68 Å². The molecule has 0 aromatic carbocycles. The molecule has 0 spiro atoms. The van der Waals surface area contributed by atoms with Crippen LogP contribution in [-0.2, 0) is 17.9 Å². The first-order chi connectivity index (χ1) is 6.38. The lowest BCUT2D eigenvalue weighted by atomic mass is 10.4. The van der Waals surface area contributed by atoms with E-state index in [0.29, 0.717) is 19.8 Å². The summed E-state index contributed by atoms with van der Waals surface area (Å²) in [5, 5.41) is 4.19. The van der Waals surface area contributed by atoms with Crippen LogP contribution in [0.1, 0.15) is 19.0 Å². The fourth-order valence-electron chi connectivity index (χ4n) is 1.16. The lowest BCUT2D eigenvalue weighted by Crippen LogP contribution is -2.11. The van der Waals surface area contributed by atoms with Crippen molar-refractivity contribution in [1.82, 2.24) is 9.78 Å². The fraction of sp³-hybridized carbons (Fsp3) is 0.667. The van der Waals surface area contributed by atoms with E-state index in [0.717, 1.165) is 18.7 Å². The molecule has 1 aromatic heterocycles. The number of nitrogens with two attached hydrogens (primary N) is 1. The number of hydrogen-bond acceptors (Lipinski definition) is 3. The second kappa shape index (κ2) is 5.72. The van der Waals surface area contributed by atoms with Gasteiger partial charge < -0.3 is 10.5 Å². The van der Waals surface area contributed by atoms with E-state index in [9.17, 15) is 0 Å². The first kappa shape index (κ1) is 10.2. The van der Waals surface area contributed by atoms with Crippen LogP contribution in [0.4, 0.5) is 0 Å². The molecule has 1 heterocycles. The average Bonchev–Trinajstić information content (AvgIpc) is 2.54. The third kappa shape index (κ3) is 3.16. The maximum absolute atomic E-state index is 5.33. The molecule has 74 valence electrons. The standard InChI is InChI=1S/C9H17N3O/c1-2-6-12-9(3-5-11-12)8-13-7-4-10/h3,5H,2,4,6-8,10H2,1H3. The highest BCUT2D eigenvalue weighted by Gasteiger charge is 2.00. The molecule has 0 aliphatic carbocycles. The van der Waals surface area contributed by atoms with Gasteiger partial charge in [0.15, 0.2) is 0 Å². The first-order valence-electron chi connectivity index (χ1n) is 4.67.